The Kier molecular flexibility index (Phi) is 11.6. The molecule has 23 heavy (non-hydrogen) atoms. The van der Waals surface area contributed by atoms with Crippen LogP contribution in [0.1, 0.15) is 5.56 Å². The van der Waals surface area contributed by atoms with E-state index in [4.69, 9.17) is 24.4 Å². The molecule has 4 N–H and O–H groups in total. The van der Waals surface area contributed by atoms with Crippen molar-refractivity contribution in [2.45, 2.75) is 4.90 Å². The van der Waals surface area contributed by atoms with Gasteiger partial charge in [-0.2, -0.15) is 10.2 Å². The molecule has 0 unspecified atom stereocenters. The van der Waals surface area contributed by atoms with Crippen molar-refractivity contribution in [3.8, 4) is 0 Å². The van der Waals surface area contributed by atoms with E-state index in [1.807, 2.05) is 30.5 Å². The van der Waals surface area contributed by atoms with Crippen molar-refractivity contribution >= 4 is 58.3 Å². The maximum Gasteiger partial charge on any atom is 0.186 e. The van der Waals surface area contributed by atoms with Crippen LogP contribution in [0.3, 0.4) is 0 Å². The zero-order valence-electron chi connectivity index (χ0n) is 12.8. The molecule has 129 valence electrons. The number of nitrogens with zero attached hydrogens (tertiary/aromatic N) is 2. The van der Waals surface area contributed by atoms with E-state index in [0.29, 0.717) is 15.9 Å². The monoisotopic (exact) mass is 417 g/mol. The Morgan fingerprint density at radius 1 is 1.04 bits per heavy atom. The minimum Gasteiger partial charge on any atom is -0.364 e. The van der Waals surface area contributed by atoms with Gasteiger partial charge >= 0.3 is 0 Å². The van der Waals surface area contributed by atoms with Crippen LogP contribution in [-0.4, -0.2) is 42.5 Å². The van der Waals surface area contributed by atoms with Crippen molar-refractivity contribution in [1.82, 2.24) is 21.5 Å². The number of rotatable bonds is 5. The fourth-order valence-corrected chi connectivity index (χ4v) is 1.81. The van der Waals surface area contributed by atoms with Crippen molar-refractivity contribution in [3.63, 3.8) is 0 Å². The third kappa shape index (κ3) is 8.29. The van der Waals surface area contributed by atoms with Gasteiger partial charge < -0.3 is 10.6 Å². The second-order valence-electron chi connectivity index (χ2n) is 3.87. The second-order valence-corrected chi connectivity index (χ2v) is 5.56. The molecule has 0 aliphatic carbocycles. The summed E-state index contributed by atoms with van der Waals surface area (Å²) in [6.07, 6.45) is 3.60. The summed E-state index contributed by atoms with van der Waals surface area (Å²) in [5.41, 5.74) is 6.96. The number of nitrogens with one attached hydrogen (secondary N) is 4. The maximum absolute atomic E-state index is 5.01. The third-order valence-corrected chi connectivity index (χ3v) is 3.81. The molecule has 0 saturated carbocycles. The van der Waals surface area contributed by atoms with Gasteiger partial charge in [-0.15, -0.1) is 11.8 Å². The topological polar surface area (TPSA) is 72.8 Å². The molecule has 1 aromatic carbocycles. The van der Waals surface area contributed by atoms with E-state index in [-0.39, 0.29) is 17.1 Å². The summed E-state index contributed by atoms with van der Waals surface area (Å²) in [6.45, 7) is 0. The summed E-state index contributed by atoms with van der Waals surface area (Å²) >= 11 is 11.6. The minimum atomic E-state index is 0. The Hall–Kier alpha value is -1.19. The molecule has 0 bridgehead atoms. The SMILES string of the molecule is CNC(=S)NN=CC(=NNC(=S)NC)c1ccc(SC)cc1.[Cu]. The number of hydrogen-bond acceptors (Lipinski definition) is 5. The molecular formula is C13H18CuN6S3. The second kappa shape index (κ2) is 12.3. The average molecular weight is 418 g/mol. The molecule has 0 saturated heterocycles. The summed E-state index contributed by atoms with van der Waals surface area (Å²) < 4.78 is 0. The van der Waals surface area contributed by atoms with Gasteiger partial charge in [-0.05, 0) is 42.8 Å². The standard InChI is InChI=1S/C13H18N6S3.Cu/c1-14-12(20)18-16-8-11(17-19-13(21)15-2)9-4-6-10(22-3)7-5-9;/h4-8H,1-3H3,(H2,14,18,20)(H2,15,19,21);. The molecule has 0 spiro atoms. The van der Waals surface area contributed by atoms with Crippen LogP contribution >= 0.6 is 36.2 Å². The van der Waals surface area contributed by atoms with E-state index < -0.39 is 0 Å². The third-order valence-electron chi connectivity index (χ3n) is 2.47. The van der Waals surface area contributed by atoms with E-state index in [0.717, 1.165) is 5.56 Å². The van der Waals surface area contributed by atoms with Crippen LogP contribution in [0.25, 0.3) is 0 Å². The molecule has 0 aromatic heterocycles. The largest absolute Gasteiger partial charge is 0.364 e. The van der Waals surface area contributed by atoms with Crippen LogP contribution in [0, 0.1) is 0 Å². The predicted molar refractivity (Wildman–Crippen MR) is 103 cm³/mol. The van der Waals surface area contributed by atoms with E-state index >= 15 is 0 Å². The minimum absolute atomic E-state index is 0. The normalized spacial score (nSPS) is 10.7. The fourth-order valence-electron chi connectivity index (χ4n) is 1.30. The van der Waals surface area contributed by atoms with Gasteiger partial charge in [-0.1, -0.05) is 12.1 Å². The molecule has 0 aliphatic heterocycles. The van der Waals surface area contributed by atoms with Crippen molar-refractivity contribution < 1.29 is 17.1 Å². The van der Waals surface area contributed by atoms with Crippen LogP contribution in [-0.2, 0) is 17.1 Å². The van der Waals surface area contributed by atoms with Crippen molar-refractivity contribution in [2.24, 2.45) is 10.2 Å². The van der Waals surface area contributed by atoms with Crippen LogP contribution < -0.4 is 21.5 Å². The van der Waals surface area contributed by atoms with Gasteiger partial charge in [0.1, 0.15) is 5.71 Å². The predicted octanol–water partition coefficient (Wildman–Crippen LogP) is 1.28. The van der Waals surface area contributed by atoms with Crippen LogP contribution in [0.5, 0.6) is 0 Å². The van der Waals surface area contributed by atoms with Gasteiger partial charge in [0.2, 0.25) is 0 Å². The Labute approximate surface area is 161 Å². The van der Waals surface area contributed by atoms with Crippen LogP contribution in [0.4, 0.5) is 0 Å². The molecule has 0 heterocycles. The van der Waals surface area contributed by atoms with Gasteiger partial charge in [0.25, 0.3) is 0 Å². The first-order valence-corrected chi connectivity index (χ1v) is 8.35. The first-order chi connectivity index (χ1) is 10.6. The van der Waals surface area contributed by atoms with E-state index in [1.165, 1.54) is 4.90 Å². The molecule has 0 aliphatic rings. The summed E-state index contributed by atoms with van der Waals surface area (Å²) in [4.78, 5) is 1.17. The molecule has 0 fully saturated rings. The Morgan fingerprint density at radius 3 is 2.13 bits per heavy atom. The van der Waals surface area contributed by atoms with Crippen LogP contribution in [0.15, 0.2) is 39.4 Å². The molecule has 1 aromatic rings. The van der Waals surface area contributed by atoms with Crippen molar-refractivity contribution in [2.75, 3.05) is 20.4 Å². The number of benzene rings is 1. The fraction of sp³-hybridized carbons (Fsp3) is 0.231. The smallest absolute Gasteiger partial charge is 0.186 e. The number of hydrogen-bond donors (Lipinski definition) is 4. The van der Waals surface area contributed by atoms with Crippen LogP contribution in [0.2, 0.25) is 0 Å². The van der Waals surface area contributed by atoms with E-state index in [2.05, 4.69) is 31.7 Å². The molecule has 0 atom stereocenters. The Balaban J connectivity index is 0.00000484. The molecular weight excluding hydrogens is 400 g/mol. The van der Waals surface area contributed by atoms with Crippen molar-refractivity contribution in [3.05, 3.63) is 29.8 Å². The Morgan fingerprint density at radius 2 is 1.61 bits per heavy atom. The quantitative estimate of drug-likeness (QED) is 0.189. The van der Waals surface area contributed by atoms with Crippen molar-refractivity contribution in [1.29, 1.82) is 0 Å². The van der Waals surface area contributed by atoms with Gasteiger partial charge in [-0.25, -0.2) is 0 Å². The summed E-state index contributed by atoms with van der Waals surface area (Å²) in [5.74, 6) is 0. The average Bonchev–Trinajstić information content (AvgIpc) is 2.57. The van der Waals surface area contributed by atoms with Gasteiger partial charge in [0.15, 0.2) is 10.2 Å². The Bertz CT molecular complexity index is 574. The van der Waals surface area contributed by atoms with E-state index in [1.54, 1.807) is 32.1 Å². The van der Waals surface area contributed by atoms with Gasteiger partial charge in [0, 0.05) is 41.6 Å². The number of hydrazone groups is 2. The molecule has 1 rings (SSSR count). The summed E-state index contributed by atoms with van der Waals surface area (Å²) in [5, 5.41) is 14.7. The van der Waals surface area contributed by atoms with E-state index in [9.17, 15) is 0 Å². The zero-order chi connectivity index (χ0) is 16.4. The first kappa shape index (κ1) is 21.8. The number of thioether (sulfide) groups is 1. The van der Waals surface area contributed by atoms with Gasteiger partial charge in [0.05, 0.1) is 6.21 Å². The molecule has 0 amide bonds. The summed E-state index contributed by atoms with van der Waals surface area (Å²) in [7, 11) is 3.44. The summed E-state index contributed by atoms with van der Waals surface area (Å²) in [6, 6.07) is 7.98. The molecule has 10 heteroatoms. The number of thiocarbonyl (C=S) groups is 2. The first-order valence-electron chi connectivity index (χ1n) is 6.31. The molecule has 1 radical (unpaired) electrons. The maximum atomic E-state index is 5.01. The zero-order valence-corrected chi connectivity index (χ0v) is 16.2. The molecule has 6 nitrogen and oxygen atoms in total. The van der Waals surface area contributed by atoms with Gasteiger partial charge in [-0.3, -0.25) is 10.9 Å².